The first-order valence-corrected chi connectivity index (χ1v) is 8.53. The Hall–Kier alpha value is -2.80. The molecule has 0 radical (unpaired) electrons. The number of amides is 1. The fourth-order valence-electron chi connectivity index (χ4n) is 2.70. The van der Waals surface area contributed by atoms with Crippen LogP contribution in [0.3, 0.4) is 0 Å². The molecule has 136 valence electrons. The lowest BCUT2D eigenvalue weighted by atomic mass is 9.87. The Labute approximate surface area is 152 Å². The van der Waals surface area contributed by atoms with Crippen molar-refractivity contribution in [2.75, 3.05) is 6.61 Å². The summed E-state index contributed by atoms with van der Waals surface area (Å²) in [6.45, 7) is 6.18. The maximum atomic E-state index is 12.8. The van der Waals surface area contributed by atoms with E-state index in [1.807, 2.05) is 45.0 Å². The number of hydrogen-bond donors (Lipinski definition) is 2. The second-order valence-corrected chi connectivity index (χ2v) is 7.28. The van der Waals surface area contributed by atoms with Crippen LogP contribution in [0.15, 0.2) is 42.7 Å². The van der Waals surface area contributed by atoms with Crippen molar-refractivity contribution in [2.45, 2.75) is 33.4 Å². The Morgan fingerprint density at radius 2 is 1.96 bits per heavy atom. The largest absolute Gasteiger partial charge is 0.394 e. The second kappa shape index (κ2) is 7.21. The number of nitrogens with one attached hydrogen (secondary N) is 1. The predicted molar refractivity (Wildman–Crippen MR) is 98.7 cm³/mol. The maximum absolute atomic E-state index is 12.8. The van der Waals surface area contributed by atoms with E-state index in [1.54, 1.807) is 23.1 Å². The number of carbonyl (C=O) groups excluding carboxylic acids is 1. The highest BCUT2D eigenvalue weighted by molar-refractivity contribution is 6.04. The molecule has 2 N–H and O–H groups in total. The molecule has 0 aliphatic rings. The quantitative estimate of drug-likeness (QED) is 0.732. The van der Waals surface area contributed by atoms with E-state index < -0.39 is 0 Å². The summed E-state index contributed by atoms with van der Waals surface area (Å²) in [5.74, 6) is -0.322. The van der Waals surface area contributed by atoms with Gasteiger partial charge in [-0.2, -0.15) is 5.10 Å². The lowest BCUT2D eigenvalue weighted by Gasteiger charge is -2.29. The third-order valence-electron chi connectivity index (χ3n) is 4.29. The molecule has 0 aromatic carbocycles. The summed E-state index contributed by atoms with van der Waals surface area (Å²) in [4.78, 5) is 21.5. The number of aromatic nitrogens is 4. The average Bonchev–Trinajstić information content (AvgIpc) is 2.98. The summed E-state index contributed by atoms with van der Waals surface area (Å²) >= 11 is 0. The summed E-state index contributed by atoms with van der Waals surface area (Å²) in [5.41, 5.74) is 1.48. The van der Waals surface area contributed by atoms with Crippen LogP contribution in [-0.2, 0) is 6.54 Å². The van der Waals surface area contributed by atoms with Gasteiger partial charge >= 0.3 is 0 Å². The van der Waals surface area contributed by atoms with E-state index in [0.29, 0.717) is 23.3 Å². The monoisotopic (exact) mass is 353 g/mol. The summed E-state index contributed by atoms with van der Waals surface area (Å²) in [5, 5.41) is 17.6. The topological polar surface area (TPSA) is 92.9 Å². The van der Waals surface area contributed by atoms with Crippen molar-refractivity contribution >= 4 is 16.9 Å². The number of rotatable bonds is 5. The van der Waals surface area contributed by atoms with Gasteiger partial charge < -0.3 is 10.4 Å². The number of pyridine rings is 2. The Kier molecular flexibility index (Phi) is 4.99. The fourth-order valence-corrected chi connectivity index (χ4v) is 2.70. The van der Waals surface area contributed by atoms with Crippen LogP contribution in [0.5, 0.6) is 0 Å². The number of aliphatic hydroxyl groups excluding tert-OH is 1. The van der Waals surface area contributed by atoms with Crippen molar-refractivity contribution in [1.29, 1.82) is 0 Å². The summed E-state index contributed by atoms with van der Waals surface area (Å²) in [7, 11) is 0. The van der Waals surface area contributed by atoms with Crippen LogP contribution in [0, 0.1) is 5.41 Å². The third kappa shape index (κ3) is 3.72. The Bertz CT molecular complexity index is 899. The molecule has 0 saturated heterocycles. The fraction of sp³-hybridized carbons (Fsp3) is 0.368. The molecule has 26 heavy (non-hydrogen) atoms. The predicted octanol–water partition coefficient (Wildman–Crippen LogP) is 2.01. The number of hydrogen-bond acceptors (Lipinski definition) is 5. The zero-order chi connectivity index (χ0) is 18.7. The smallest absolute Gasteiger partial charge is 0.272 e. The van der Waals surface area contributed by atoms with Gasteiger partial charge in [0.15, 0.2) is 11.3 Å². The molecule has 7 nitrogen and oxygen atoms in total. The van der Waals surface area contributed by atoms with Gasteiger partial charge in [0.25, 0.3) is 5.91 Å². The van der Waals surface area contributed by atoms with E-state index in [1.165, 1.54) is 0 Å². The van der Waals surface area contributed by atoms with Crippen LogP contribution in [0.2, 0.25) is 0 Å². The average molecular weight is 353 g/mol. The van der Waals surface area contributed by atoms with Gasteiger partial charge in [-0.3, -0.25) is 9.78 Å². The highest BCUT2D eigenvalue weighted by Crippen LogP contribution is 2.21. The minimum atomic E-state index is -0.373. The first-order valence-electron chi connectivity index (χ1n) is 8.53. The van der Waals surface area contributed by atoms with E-state index >= 15 is 0 Å². The van der Waals surface area contributed by atoms with E-state index in [4.69, 9.17) is 0 Å². The minimum Gasteiger partial charge on any atom is -0.394 e. The molecular formula is C19H23N5O2. The van der Waals surface area contributed by atoms with Crippen LogP contribution >= 0.6 is 0 Å². The molecule has 3 heterocycles. The van der Waals surface area contributed by atoms with Gasteiger partial charge in [0.05, 0.1) is 30.3 Å². The molecule has 0 saturated carbocycles. The zero-order valence-corrected chi connectivity index (χ0v) is 15.2. The molecule has 3 rings (SSSR count). The Morgan fingerprint density at radius 3 is 2.62 bits per heavy atom. The first kappa shape index (κ1) is 18.0. The molecule has 0 spiro atoms. The highest BCUT2D eigenvalue weighted by Gasteiger charge is 2.28. The van der Waals surface area contributed by atoms with Gasteiger partial charge in [0, 0.05) is 12.4 Å². The number of nitrogens with zero attached hydrogens (tertiary/aromatic N) is 4. The molecule has 7 heteroatoms. The summed E-state index contributed by atoms with van der Waals surface area (Å²) in [6, 6.07) is 8.89. The normalized spacial score (nSPS) is 12.9. The van der Waals surface area contributed by atoms with Gasteiger partial charge in [0.2, 0.25) is 0 Å². The summed E-state index contributed by atoms with van der Waals surface area (Å²) in [6.07, 6.45) is 3.39. The minimum absolute atomic E-state index is 0.139. The van der Waals surface area contributed by atoms with E-state index in [0.717, 1.165) is 5.69 Å². The Balaban J connectivity index is 1.95. The molecule has 0 aliphatic carbocycles. The Morgan fingerprint density at radius 1 is 1.19 bits per heavy atom. The molecular weight excluding hydrogens is 330 g/mol. The van der Waals surface area contributed by atoms with Crippen molar-refractivity contribution in [2.24, 2.45) is 5.41 Å². The molecule has 1 atom stereocenters. The zero-order valence-electron chi connectivity index (χ0n) is 15.2. The number of aliphatic hydroxyl groups is 1. The van der Waals surface area contributed by atoms with Crippen molar-refractivity contribution in [1.82, 2.24) is 25.1 Å². The van der Waals surface area contributed by atoms with Crippen molar-refractivity contribution in [3.05, 3.63) is 54.1 Å². The van der Waals surface area contributed by atoms with Crippen LogP contribution in [-0.4, -0.2) is 43.4 Å². The van der Waals surface area contributed by atoms with Crippen molar-refractivity contribution in [3.63, 3.8) is 0 Å². The number of fused-ring (bicyclic) bond motifs is 1. The van der Waals surface area contributed by atoms with Gasteiger partial charge in [-0.25, -0.2) is 9.67 Å². The molecule has 0 bridgehead atoms. The second-order valence-electron chi connectivity index (χ2n) is 7.28. The van der Waals surface area contributed by atoms with Crippen LogP contribution in [0.4, 0.5) is 0 Å². The summed E-state index contributed by atoms with van der Waals surface area (Å²) < 4.78 is 1.68. The van der Waals surface area contributed by atoms with Gasteiger partial charge in [-0.1, -0.05) is 26.8 Å². The molecule has 0 aliphatic heterocycles. The lowest BCUT2D eigenvalue weighted by Crippen LogP contribution is -2.46. The van der Waals surface area contributed by atoms with E-state index in [-0.39, 0.29) is 24.0 Å². The number of carbonyl (C=O) groups is 1. The highest BCUT2D eigenvalue weighted by atomic mass is 16.3. The van der Waals surface area contributed by atoms with E-state index in [9.17, 15) is 9.90 Å². The van der Waals surface area contributed by atoms with Crippen LogP contribution in [0.1, 0.15) is 37.0 Å². The van der Waals surface area contributed by atoms with Gasteiger partial charge in [-0.15, -0.1) is 0 Å². The van der Waals surface area contributed by atoms with Crippen molar-refractivity contribution < 1.29 is 9.90 Å². The molecule has 1 amide bonds. The van der Waals surface area contributed by atoms with Crippen LogP contribution in [0.25, 0.3) is 11.0 Å². The van der Waals surface area contributed by atoms with Gasteiger partial charge in [0.1, 0.15) is 0 Å². The molecule has 3 aromatic heterocycles. The molecule has 0 unspecified atom stereocenters. The standard InChI is InChI=1S/C19H23N5O2/c1-19(2,3)15(12-25)22-18(26)16-14-8-6-10-21-17(14)24(23-16)11-13-7-4-5-9-20-13/h4-10,15,25H,11-12H2,1-3H3,(H,22,26)/t15-/m1/s1. The van der Waals surface area contributed by atoms with E-state index in [2.05, 4.69) is 20.4 Å². The lowest BCUT2D eigenvalue weighted by molar-refractivity contribution is 0.0844. The third-order valence-corrected chi connectivity index (χ3v) is 4.29. The first-order chi connectivity index (χ1) is 12.4. The SMILES string of the molecule is CC(C)(C)[C@@H](CO)NC(=O)c1nn(Cc2ccccn2)c2ncccc12. The molecule has 0 fully saturated rings. The maximum Gasteiger partial charge on any atom is 0.272 e. The molecule has 3 aromatic rings. The van der Waals surface area contributed by atoms with Crippen molar-refractivity contribution in [3.8, 4) is 0 Å². The van der Waals surface area contributed by atoms with Crippen LogP contribution < -0.4 is 5.32 Å². The van der Waals surface area contributed by atoms with Gasteiger partial charge in [-0.05, 0) is 29.7 Å².